The molecule has 1 atom stereocenters. The van der Waals surface area contributed by atoms with Crippen LogP contribution in [0.5, 0.6) is 5.75 Å². The molecular formula is C18H23NO2. The summed E-state index contributed by atoms with van der Waals surface area (Å²) in [6.45, 7) is 5.91. The Morgan fingerprint density at radius 3 is 2.67 bits per heavy atom. The van der Waals surface area contributed by atoms with Crippen LogP contribution in [0.1, 0.15) is 44.2 Å². The van der Waals surface area contributed by atoms with Crippen molar-refractivity contribution in [3.63, 3.8) is 0 Å². The molecule has 0 aromatic heterocycles. The molecule has 2 rings (SSSR count). The standard InChI is InChI=1S/C18H23NO2/c1-13-6-7-15(21-4)14(10-13)11-18(12-19)9-5-8-17(2,3)16(18)20/h6-7,10H,5,8-9,11H2,1-4H3. The average Bonchev–Trinajstić information content (AvgIpc) is 2.44. The van der Waals surface area contributed by atoms with Crippen LogP contribution in [-0.2, 0) is 11.2 Å². The topological polar surface area (TPSA) is 50.1 Å². The zero-order chi connectivity index (χ0) is 15.7. The maximum absolute atomic E-state index is 12.8. The van der Waals surface area contributed by atoms with Crippen molar-refractivity contribution in [2.75, 3.05) is 7.11 Å². The zero-order valence-corrected chi connectivity index (χ0v) is 13.3. The van der Waals surface area contributed by atoms with Crippen molar-refractivity contribution in [3.8, 4) is 11.8 Å². The summed E-state index contributed by atoms with van der Waals surface area (Å²) in [4.78, 5) is 12.8. The predicted octanol–water partition coefficient (Wildman–Crippen LogP) is 3.84. The fraction of sp³-hybridized carbons (Fsp3) is 0.556. The highest BCUT2D eigenvalue weighted by Gasteiger charge is 2.49. The number of aryl methyl sites for hydroxylation is 1. The van der Waals surface area contributed by atoms with E-state index in [1.54, 1.807) is 7.11 Å². The Morgan fingerprint density at radius 2 is 2.05 bits per heavy atom. The lowest BCUT2D eigenvalue weighted by molar-refractivity contribution is -0.138. The normalized spacial score (nSPS) is 24.4. The molecule has 1 aliphatic rings. The van der Waals surface area contributed by atoms with Gasteiger partial charge in [-0.2, -0.15) is 5.26 Å². The van der Waals surface area contributed by atoms with E-state index in [-0.39, 0.29) is 5.78 Å². The molecule has 0 amide bonds. The Morgan fingerprint density at radius 1 is 1.33 bits per heavy atom. The Hall–Kier alpha value is -1.82. The first kappa shape index (κ1) is 15.6. The van der Waals surface area contributed by atoms with E-state index in [0.717, 1.165) is 29.7 Å². The molecule has 0 radical (unpaired) electrons. The van der Waals surface area contributed by atoms with Gasteiger partial charge in [0, 0.05) is 11.8 Å². The molecule has 0 spiro atoms. The number of hydrogen-bond acceptors (Lipinski definition) is 3. The van der Waals surface area contributed by atoms with Gasteiger partial charge >= 0.3 is 0 Å². The maximum atomic E-state index is 12.8. The summed E-state index contributed by atoms with van der Waals surface area (Å²) in [6.07, 6.45) is 2.86. The van der Waals surface area contributed by atoms with Gasteiger partial charge in [-0.1, -0.05) is 38.0 Å². The zero-order valence-electron chi connectivity index (χ0n) is 13.3. The van der Waals surface area contributed by atoms with Crippen molar-refractivity contribution in [1.29, 1.82) is 5.26 Å². The highest BCUT2D eigenvalue weighted by atomic mass is 16.5. The van der Waals surface area contributed by atoms with Gasteiger partial charge in [0.15, 0.2) is 5.78 Å². The van der Waals surface area contributed by atoms with Crippen LogP contribution in [-0.4, -0.2) is 12.9 Å². The summed E-state index contributed by atoms with van der Waals surface area (Å²) in [5.41, 5.74) is 0.736. The Bertz CT molecular complexity index is 598. The molecule has 1 fully saturated rings. The highest BCUT2D eigenvalue weighted by Crippen LogP contribution is 2.45. The summed E-state index contributed by atoms with van der Waals surface area (Å²) in [6, 6.07) is 8.25. The number of benzene rings is 1. The molecule has 0 N–H and O–H groups in total. The second kappa shape index (κ2) is 5.52. The first-order valence-corrected chi connectivity index (χ1v) is 7.44. The van der Waals surface area contributed by atoms with Crippen molar-refractivity contribution in [2.45, 2.75) is 46.5 Å². The van der Waals surface area contributed by atoms with Gasteiger partial charge in [0.25, 0.3) is 0 Å². The molecule has 3 nitrogen and oxygen atoms in total. The predicted molar refractivity (Wildman–Crippen MR) is 82.1 cm³/mol. The molecule has 1 saturated carbocycles. The molecule has 112 valence electrons. The van der Waals surface area contributed by atoms with E-state index in [1.165, 1.54) is 0 Å². The van der Waals surface area contributed by atoms with Gasteiger partial charge in [-0.15, -0.1) is 0 Å². The van der Waals surface area contributed by atoms with E-state index >= 15 is 0 Å². The van der Waals surface area contributed by atoms with Crippen LogP contribution in [0.4, 0.5) is 0 Å². The average molecular weight is 285 g/mol. The van der Waals surface area contributed by atoms with Gasteiger partial charge in [0.05, 0.1) is 13.2 Å². The van der Waals surface area contributed by atoms with Gasteiger partial charge in [-0.3, -0.25) is 4.79 Å². The van der Waals surface area contributed by atoms with Crippen molar-refractivity contribution < 1.29 is 9.53 Å². The maximum Gasteiger partial charge on any atom is 0.158 e. The lowest BCUT2D eigenvalue weighted by Crippen LogP contribution is -2.45. The summed E-state index contributed by atoms with van der Waals surface area (Å²) in [7, 11) is 1.62. The van der Waals surface area contributed by atoms with Crippen molar-refractivity contribution in [2.24, 2.45) is 10.8 Å². The molecule has 3 heteroatoms. The number of carbonyl (C=O) groups is 1. The monoisotopic (exact) mass is 285 g/mol. The second-order valence-corrected chi connectivity index (χ2v) is 6.75. The van der Waals surface area contributed by atoms with Crippen molar-refractivity contribution in [1.82, 2.24) is 0 Å². The molecule has 0 bridgehead atoms. The molecule has 0 heterocycles. The van der Waals surface area contributed by atoms with Gasteiger partial charge < -0.3 is 4.74 Å². The van der Waals surface area contributed by atoms with E-state index in [1.807, 2.05) is 39.0 Å². The van der Waals surface area contributed by atoms with E-state index in [2.05, 4.69) is 6.07 Å². The molecule has 0 saturated heterocycles. The SMILES string of the molecule is COc1ccc(C)cc1CC1(C#N)CCCC(C)(C)C1=O. The third kappa shape index (κ3) is 2.81. The minimum Gasteiger partial charge on any atom is -0.496 e. The first-order valence-electron chi connectivity index (χ1n) is 7.44. The highest BCUT2D eigenvalue weighted by molar-refractivity contribution is 5.93. The summed E-state index contributed by atoms with van der Waals surface area (Å²) in [5, 5.41) is 9.73. The van der Waals surface area contributed by atoms with Crippen LogP contribution < -0.4 is 4.74 Å². The summed E-state index contributed by atoms with van der Waals surface area (Å²) < 4.78 is 5.40. The Labute approximate surface area is 126 Å². The number of rotatable bonds is 3. The number of hydrogen-bond donors (Lipinski definition) is 0. The van der Waals surface area contributed by atoms with Crippen LogP contribution in [0.15, 0.2) is 18.2 Å². The van der Waals surface area contributed by atoms with Crippen LogP contribution in [0.2, 0.25) is 0 Å². The number of carbonyl (C=O) groups excluding carboxylic acids is 1. The van der Waals surface area contributed by atoms with Gasteiger partial charge in [0.2, 0.25) is 0 Å². The molecule has 21 heavy (non-hydrogen) atoms. The molecule has 1 aromatic rings. The lowest BCUT2D eigenvalue weighted by atomic mass is 9.61. The van der Waals surface area contributed by atoms with E-state index in [4.69, 9.17) is 4.74 Å². The molecular weight excluding hydrogens is 262 g/mol. The van der Waals surface area contributed by atoms with Crippen LogP contribution in [0.3, 0.4) is 0 Å². The molecule has 1 unspecified atom stereocenters. The number of ether oxygens (including phenoxy) is 1. The van der Waals surface area contributed by atoms with Gasteiger partial charge in [-0.05, 0) is 31.4 Å². The lowest BCUT2D eigenvalue weighted by Gasteiger charge is -2.39. The summed E-state index contributed by atoms with van der Waals surface area (Å²) >= 11 is 0. The smallest absolute Gasteiger partial charge is 0.158 e. The van der Waals surface area contributed by atoms with Crippen LogP contribution in [0.25, 0.3) is 0 Å². The van der Waals surface area contributed by atoms with Crippen molar-refractivity contribution >= 4 is 5.78 Å². The Kier molecular flexibility index (Phi) is 4.09. The number of nitrogens with zero attached hydrogens (tertiary/aromatic N) is 1. The third-order valence-electron chi connectivity index (χ3n) is 4.60. The minimum absolute atomic E-state index is 0.0762. The third-order valence-corrected chi connectivity index (χ3v) is 4.60. The van der Waals surface area contributed by atoms with E-state index < -0.39 is 10.8 Å². The van der Waals surface area contributed by atoms with Crippen molar-refractivity contribution in [3.05, 3.63) is 29.3 Å². The summed E-state index contributed by atoms with van der Waals surface area (Å²) in [5.74, 6) is 0.832. The first-order chi connectivity index (χ1) is 9.84. The number of methoxy groups -OCH3 is 1. The molecule has 0 aliphatic heterocycles. The largest absolute Gasteiger partial charge is 0.496 e. The molecule has 1 aromatic carbocycles. The quantitative estimate of drug-likeness (QED) is 0.848. The minimum atomic E-state index is -0.914. The van der Waals surface area contributed by atoms with E-state index in [0.29, 0.717) is 12.8 Å². The van der Waals surface area contributed by atoms with Crippen LogP contribution in [0, 0.1) is 29.1 Å². The second-order valence-electron chi connectivity index (χ2n) is 6.75. The fourth-order valence-corrected chi connectivity index (χ4v) is 3.39. The van der Waals surface area contributed by atoms with E-state index in [9.17, 15) is 10.1 Å². The molecule has 1 aliphatic carbocycles. The number of ketones is 1. The fourth-order valence-electron chi connectivity index (χ4n) is 3.39. The number of nitriles is 1. The van der Waals surface area contributed by atoms with Crippen LogP contribution >= 0.6 is 0 Å². The number of Topliss-reactive ketones (excluding diaryl/α,β-unsaturated/α-hetero) is 1. The Balaban J connectivity index is 2.42. The van der Waals surface area contributed by atoms with Gasteiger partial charge in [0.1, 0.15) is 11.2 Å². The van der Waals surface area contributed by atoms with Gasteiger partial charge in [-0.25, -0.2) is 0 Å².